The summed E-state index contributed by atoms with van der Waals surface area (Å²) < 4.78 is 23.2. The quantitative estimate of drug-likeness (QED) is 0.533. The maximum atomic E-state index is 12.2. The number of nitrogens with zero attached hydrogens (tertiary/aromatic N) is 5. The fraction of sp³-hybridized carbons (Fsp3) is 0.500. The van der Waals surface area contributed by atoms with E-state index in [1.165, 1.54) is 15.9 Å². The summed E-state index contributed by atoms with van der Waals surface area (Å²) in [5.41, 5.74) is 0.843. The Morgan fingerprint density at radius 1 is 1.12 bits per heavy atom. The second kappa shape index (κ2) is 9.94. The molecule has 1 saturated heterocycles. The number of piperazine rings is 1. The number of amides is 1. The average Bonchev–Trinajstić information content (AvgIpc) is 3.35. The van der Waals surface area contributed by atoms with E-state index < -0.39 is 0 Å². The first-order chi connectivity index (χ1) is 16.4. The fourth-order valence-electron chi connectivity index (χ4n) is 4.19. The molecular weight excluding hydrogens is 462 g/mol. The van der Waals surface area contributed by atoms with Crippen LogP contribution in [0.4, 0.5) is 4.79 Å². The SMILES string of the molecule is CCOC(=O)N1CCN([C@H](c2cc(OC)c(OC)c(OC)c2)c2sc3nc(C)nn3c2O)CC1. The minimum absolute atomic E-state index is 0.0344. The molecule has 1 aliphatic rings. The average molecular weight is 492 g/mol. The zero-order valence-corrected chi connectivity index (χ0v) is 20.7. The van der Waals surface area contributed by atoms with Crippen LogP contribution in [0.25, 0.3) is 4.96 Å². The van der Waals surface area contributed by atoms with Crippen LogP contribution in [0.1, 0.15) is 29.2 Å². The van der Waals surface area contributed by atoms with Gasteiger partial charge in [0.2, 0.25) is 16.6 Å². The third kappa shape index (κ3) is 4.30. The molecule has 1 aliphatic heterocycles. The summed E-state index contributed by atoms with van der Waals surface area (Å²) in [5.74, 6) is 2.14. The standard InChI is InChI=1S/C22H29N5O6S/c1-6-33-22(29)26-9-7-25(8-10-26)17(19-20(28)27-21(34-19)23-13(2)24-27)14-11-15(30-3)18(32-5)16(12-14)31-4/h11-12,17,28H,6-10H2,1-5H3/t17-/m1/s1. The molecule has 0 unspecified atom stereocenters. The second-order valence-electron chi connectivity index (χ2n) is 7.73. The molecule has 1 atom stereocenters. The Kier molecular flexibility index (Phi) is 6.98. The molecule has 0 saturated carbocycles. The van der Waals surface area contributed by atoms with E-state index in [0.717, 1.165) is 5.56 Å². The highest BCUT2D eigenvalue weighted by atomic mass is 32.1. The smallest absolute Gasteiger partial charge is 0.409 e. The van der Waals surface area contributed by atoms with Crippen LogP contribution in [-0.2, 0) is 4.74 Å². The van der Waals surface area contributed by atoms with Gasteiger partial charge in [-0.15, -0.1) is 5.10 Å². The minimum atomic E-state index is -0.355. The van der Waals surface area contributed by atoms with Crippen molar-refractivity contribution in [3.8, 4) is 23.1 Å². The van der Waals surface area contributed by atoms with E-state index in [2.05, 4.69) is 15.0 Å². The van der Waals surface area contributed by atoms with Crippen molar-refractivity contribution >= 4 is 22.4 Å². The number of methoxy groups -OCH3 is 3. The Bertz CT molecular complexity index is 1150. The molecule has 184 valence electrons. The van der Waals surface area contributed by atoms with Crippen molar-refractivity contribution in [2.45, 2.75) is 19.9 Å². The number of aromatic hydroxyl groups is 1. The molecule has 0 bridgehead atoms. The zero-order chi connectivity index (χ0) is 24.4. The van der Waals surface area contributed by atoms with Crippen molar-refractivity contribution in [3.05, 3.63) is 28.4 Å². The predicted octanol–water partition coefficient (Wildman–Crippen LogP) is 2.69. The van der Waals surface area contributed by atoms with Gasteiger partial charge in [0.15, 0.2) is 11.5 Å². The van der Waals surface area contributed by atoms with Crippen molar-refractivity contribution in [1.29, 1.82) is 0 Å². The third-order valence-corrected chi connectivity index (χ3v) is 6.83. The van der Waals surface area contributed by atoms with Gasteiger partial charge in [0.1, 0.15) is 5.82 Å². The summed E-state index contributed by atoms with van der Waals surface area (Å²) in [6.45, 7) is 6.06. The van der Waals surface area contributed by atoms with Crippen LogP contribution >= 0.6 is 11.3 Å². The second-order valence-corrected chi connectivity index (χ2v) is 8.74. The summed E-state index contributed by atoms with van der Waals surface area (Å²) >= 11 is 1.37. The number of aromatic nitrogens is 3. The van der Waals surface area contributed by atoms with Crippen LogP contribution in [0, 0.1) is 6.92 Å². The lowest BCUT2D eigenvalue weighted by Crippen LogP contribution is -2.49. The van der Waals surface area contributed by atoms with Gasteiger partial charge in [-0.05, 0) is 31.5 Å². The van der Waals surface area contributed by atoms with Gasteiger partial charge in [-0.1, -0.05) is 11.3 Å². The van der Waals surface area contributed by atoms with E-state index in [4.69, 9.17) is 18.9 Å². The van der Waals surface area contributed by atoms with E-state index in [0.29, 0.717) is 65.7 Å². The minimum Gasteiger partial charge on any atom is -0.493 e. The van der Waals surface area contributed by atoms with Crippen molar-refractivity contribution in [2.24, 2.45) is 0 Å². The summed E-state index contributed by atoms with van der Waals surface area (Å²) in [4.78, 5) is 21.8. The lowest BCUT2D eigenvalue weighted by Gasteiger charge is -2.38. The number of hydrogen-bond donors (Lipinski definition) is 1. The number of carbonyl (C=O) groups excluding carboxylic acids is 1. The molecule has 3 heterocycles. The number of aryl methyl sites for hydroxylation is 1. The third-order valence-electron chi connectivity index (χ3n) is 5.76. The molecule has 34 heavy (non-hydrogen) atoms. The molecule has 2 aromatic heterocycles. The van der Waals surface area contributed by atoms with E-state index in [-0.39, 0.29) is 18.0 Å². The summed E-state index contributed by atoms with van der Waals surface area (Å²) in [7, 11) is 4.69. The first kappa shape index (κ1) is 23.9. The van der Waals surface area contributed by atoms with Crippen molar-refractivity contribution in [3.63, 3.8) is 0 Å². The molecule has 11 nitrogen and oxygen atoms in total. The molecule has 0 aliphatic carbocycles. The lowest BCUT2D eigenvalue weighted by molar-refractivity contribution is 0.0715. The predicted molar refractivity (Wildman–Crippen MR) is 125 cm³/mol. The van der Waals surface area contributed by atoms with Gasteiger partial charge in [-0.25, -0.2) is 9.78 Å². The highest BCUT2D eigenvalue weighted by Gasteiger charge is 2.34. The van der Waals surface area contributed by atoms with Crippen LogP contribution in [0.3, 0.4) is 0 Å². The number of carbonyl (C=O) groups is 1. The Labute approximate surface area is 201 Å². The van der Waals surface area contributed by atoms with Gasteiger partial charge in [-0.3, -0.25) is 4.90 Å². The number of ether oxygens (including phenoxy) is 4. The van der Waals surface area contributed by atoms with E-state index >= 15 is 0 Å². The van der Waals surface area contributed by atoms with Crippen LogP contribution in [0.2, 0.25) is 0 Å². The van der Waals surface area contributed by atoms with Gasteiger partial charge in [0.25, 0.3) is 0 Å². The van der Waals surface area contributed by atoms with Gasteiger partial charge < -0.3 is 29.0 Å². The van der Waals surface area contributed by atoms with Crippen molar-refractivity contribution in [2.75, 3.05) is 54.1 Å². The number of benzene rings is 1. The molecule has 1 fully saturated rings. The van der Waals surface area contributed by atoms with Gasteiger partial charge >= 0.3 is 6.09 Å². The molecule has 12 heteroatoms. The molecule has 1 amide bonds. The van der Waals surface area contributed by atoms with Crippen molar-refractivity contribution in [1.82, 2.24) is 24.4 Å². The first-order valence-electron chi connectivity index (χ1n) is 10.9. The molecule has 4 rings (SSSR count). The van der Waals surface area contributed by atoms with E-state index in [9.17, 15) is 9.90 Å². The van der Waals surface area contributed by atoms with Crippen LogP contribution < -0.4 is 14.2 Å². The van der Waals surface area contributed by atoms with E-state index in [1.807, 2.05) is 12.1 Å². The molecular formula is C22H29N5O6S. The monoisotopic (exact) mass is 491 g/mol. The van der Waals surface area contributed by atoms with Gasteiger partial charge in [0.05, 0.1) is 38.9 Å². The fourth-order valence-corrected chi connectivity index (χ4v) is 5.35. The van der Waals surface area contributed by atoms with Crippen LogP contribution in [-0.4, -0.2) is 89.7 Å². The molecule has 0 spiro atoms. The van der Waals surface area contributed by atoms with Crippen molar-refractivity contribution < 1.29 is 28.8 Å². The van der Waals surface area contributed by atoms with Crippen LogP contribution in [0.15, 0.2) is 12.1 Å². The summed E-state index contributed by atoms with van der Waals surface area (Å²) in [6, 6.07) is 3.40. The normalized spacial score (nSPS) is 15.4. The topological polar surface area (TPSA) is 111 Å². The number of hydrogen-bond acceptors (Lipinski definition) is 10. The Morgan fingerprint density at radius 3 is 2.29 bits per heavy atom. The molecule has 1 N–H and O–H groups in total. The number of fused-ring (bicyclic) bond motifs is 1. The van der Waals surface area contributed by atoms with Gasteiger partial charge in [-0.2, -0.15) is 4.52 Å². The summed E-state index contributed by atoms with van der Waals surface area (Å²) in [5, 5.41) is 15.4. The Morgan fingerprint density at radius 2 is 1.76 bits per heavy atom. The van der Waals surface area contributed by atoms with Gasteiger partial charge in [0, 0.05) is 26.2 Å². The number of rotatable bonds is 7. The van der Waals surface area contributed by atoms with Crippen LogP contribution in [0.5, 0.6) is 23.1 Å². The number of thiazole rings is 1. The zero-order valence-electron chi connectivity index (χ0n) is 19.9. The molecule has 1 aromatic carbocycles. The van der Waals surface area contributed by atoms with E-state index in [1.54, 1.807) is 40.1 Å². The molecule has 3 aromatic rings. The maximum Gasteiger partial charge on any atom is 0.409 e. The largest absolute Gasteiger partial charge is 0.493 e. The molecule has 0 radical (unpaired) electrons. The Balaban J connectivity index is 1.77. The highest BCUT2D eigenvalue weighted by Crippen LogP contribution is 2.45. The summed E-state index contributed by atoms with van der Waals surface area (Å²) in [6.07, 6.45) is -0.316. The lowest BCUT2D eigenvalue weighted by atomic mass is 10.0. The first-order valence-corrected chi connectivity index (χ1v) is 11.7. The maximum absolute atomic E-state index is 12.2. The Hall–Kier alpha value is -3.25. The highest BCUT2D eigenvalue weighted by molar-refractivity contribution is 7.17.